The van der Waals surface area contributed by atoms with Crippen molar-refractivity contribution in [1.29, 1.82) is 0 Å². The average Bonchev–Trinajstić information content (AvgIpc) is 2.66. The molecule has 1 heterocycles. The highest BCUT2D eigenvalue weighted by Gasteiger charge is 2.28. The highest BCUT2D eigenvalue weighted by molar-refractivity contribution is 6.01. The summed E-state index contributed by atoms with van der Waals surface area (Å²) in [5.74, 6) is -1.68. The zero-order chi connectivity index (χ0) is 15.3. The van der Waals surface area contributed by atoms with Gasteiger partial charge in [0.15, 0.2) is 0 Å². The molecule has 8 nitrogen and oxygen atoms in total. The molecule has 1 aliphatic rings. The minimum atomic E-state index is -1.07. The third-order valence-corrected chi connectivity index (χ3v) is 2.96. The SMILES string of the molecule is CC(C)N(CC(=O)O)C(=O)CCCN1C(=O)CNC1=O. The molecule has 1 aliphatic heterocycles. The molecule has 0 radical (unpaired) electrons. The van der Waals surface area contributed by atoms with Crippen molar-refractivity contribution in [3.8, 4) is 0 Å². The summed E-state index contributed by atoms with van der Waals surface area (Å²) in [4.78, 5) is 47.5. The van der Waals surface area contributed by atoms with Crippen LogP contribution in [0.1, 0.15) is 26.7 Å². The van der Waals surface area contributed by atoms with E-state index in [1.165, 1.54) is 4.90 Å². The third-order valence-electron chi connectivity index (χ3n) is 2.96. The van der Waals surface area contributed by atoms with Crippen molar-refractivity contribution in [3.63, 3.8) is 0 Å². The number of hydrogen-bond acceptors (Lipinski definition) is 4. The van der Waals surface area contributed by atoms with E-state index in [2.05, 4.69) is 5.32 Å². The van der Waals surface area contributed by atoms with E-state index < -0.39 is 12.0 Å². The van der Waals surface area contributed by atoms with Crippen LogP contribution in [0.3, 0.4) is 0 Å². The second-order valence-corrected chi connectivity index (χ2v) is 4.82. The minimum Gasteiger partial charge on any atom is -0.480 e. The summed E-state index contributed by atoms with van der Waals surface area (Å²) in [5, 5.41) is 11.1. The van der Waals surface area contributed by atoms with Crippen molar-refractivity contribution in [2.24, 2.45) is 0 Å². The van der Waals surface area contributed by atoms with Crippen LogP contribution in [0.15, 0.2) is 0 Å². The van der Waals surface area contributed by atoms with Gasteiger partial charge >= 0.3 is 12.0 Å². The van der Waals surface area contributed by atoms with Crippen molar-refractivity contribution in [2.75, 3.05) is 19.6 Å². The molecule has 0 spiro atoms. The fourth-order valence-electron chi connectivity index (χ4n) is 1.92. The van der Waals surface area contributed by atoms with Crippen molar-refractivity contribution < 1.29 is 24.3 Å². The normalized spacial score (nSPS) is 14.7. The first-order valence-electron chi connectivity index (χ1n) is 6.42. The van der Waals surface area contributed by atoms with Gasteiger partial charge in [-0.3, -0.25) is 19.3 Å². The van der Waals surface area contributed by atoms with Gasteiger partial charge in [-0.15, -0.1) is 0 Å². The summed E-state index contributed by atoms with van der Waals surface area (Å²) in [7, 11) is 0. The van der Waals surface area contributed by atoms with Crippen LogP contribution in [0.2, 0.25) is 0 Å². The zero-order valence-electron chi connectivity index (χ0n) is 11.6. The van der Waals surface area contributed by atoms with Crippen LogP contribution in [0.25, 0.3) is 0 Å². The van der Waals surface area contributed by atoms with Crippen LogP contribution in [-0.4, -0.2) is 64.4 Å². The number of rotatable bonds is 7. The Balaban J connectivity index is 2.43. The molecule has 0 aromatic heterocycles. The van der Waals surface area contributed by atoms with Gasteiger partial charge in [-0.2, -0.15) is 0 Å². The lowest BCUT2D eigenvalue weighted by molar-refractivity contribution is -0.145. The van der Waals surface area contributed by atoms with Gasteiger partial charge in [-0.25, -0.2) is 4.79 Å². The van der Waals surface area contributed by atoms with E-state index in [1.807, 2.05) is 0 Å². The Morgan fingerprint density at radius 2 is 2.05 bits per heavy atom. The molecule has 2 N–H and O–H groups in total. The molecule has 0 aromatic carbocycles. The largest absolute Gasteiger partial charge is 0.480 e. The molecule has 8 heteroatoms. The molecule has 112 valence electrons. The number of amides is 4. The Bertz CT molecular complexity index is 405. The predicted octanol–water partition coefficient (Wildman–Crippen LogP) is -0.360. The molecule has 0 aliphatic carbocycles. The third kappa shape index (κ3) is 4.22. The topological polar surface area (TPSA) is 107 Å². The van der Waals surface area contributed by atoms with E-state index in [1.54, 1.807) is 13.8 Å². The number of hydrogen-bond donors (Lipinski definition) is 2. The Labute approximate surface area is 116 Å². The minimum absolute atomic E-state index is 0.0100. The number of carboxylic acid groups (broad SMARTS) is 1. The molecule has 1 rings (SSSR count). The summed E-state index contributed by atoms with van der Waals surface area (Å²) in [6.45, 7) is 3.27. The van der Waals surface area contributed by atoms with Crippen molar-refractivity contribution >= 4 is 23.8 Å². The lowest BCUT2D eigenvalue weighted by Gasteiger charge is -2.25. The second-order valence-electron chi connectivity index (χ2n) is 4.82. The van der Waals surface area contributed by atoms with Gasteiger partial charge in [0.05, 0.1) is 6.54 Å². The van der Waals surface area contributed by atoms with E-state index in [0.717, 1.165) is 4.90 Å². The Hall–Kier alpha value is -2.12. The van der Waals surface area contributed by atoms with Crippen molar-refractivity contribution in [2.45, 2.75) is 32.7 Å². The van der Waals surface area contributed by atoms with Gasteiger partial charge < -0.3 is 15.3 Å². The maximum absolute atomic E-state index is 11.9. The summed E-state index contributed by atoms with van der Waals surface area (Å²) in [5.41, 5.74) is 0. The van der Waals surface area contributed by atoms with Crippen molar-refractivity contribution in [1.82, 2.24) is 15.1 Å². The number of carbonyl (C=O) groups excluding carboxylic acids is 3. The first-order valence-corrected chi connectivity index (χ1v) is 6.42. The van der Waals surface area contributed by atoms with Gasteiger partial charge in [0, 0.05) is 19.0 Å². The fourth-order valence-corrected chi connectivity index (χ4v) is 1.92. The Kier molecular flexibility index (Phi) is 5.48. The van der Waals surface area contributed by atoms with E-state index in [9.17, 15) is 19.2 Å². The van der Waals surface area contributed by atoms with Crippen LogP contribution >= 0.6 is 0 Å². The number of aliphatic carboxylic acids is 1. The van der Waals surface area contributed by atoms with E-state index >= 15 is 0 Å². The fraction of sp³-hybridized carbons (Fsp3) is 0.667. The van der Waals surface area contributed by atoms with Gasteiger partial charge in [0.2, 0.25) is 11.8 Å². The summed E-state index contributed by atoms with van der Waals surface area (Å²) in [6, 6.07) is -0.663. The number of carboxylic acids is 1. The van der Waals surface area contributed by atoms with Gasteiger partial charge in [-0.1, -0.05) is 0 Å². The summed E-state index contributed by atoms with van der Waals surface area (Å²) >= 11 is 0. The average molecular weight is 285 g/mol. The molecule has 20 heavy (non-hydrogen) atoms. The van der Waals surface area contributed by atoms with Crippen LogP contribution < -0.4 is 5.32 Å². The monoisotopic (exact) mass is 285 g/mol. The summed E-state index contributed by atoms with van der Waals surface area (Å²) < 4.78 is 0. The molecule has 0 aromatic rings. The zero-order valence-corrected chi connectivity index (χ0v) is 11.6. The van der Waals surface area contributed by atoms with Crippen LogP contribution in [0, 0.1) is 0 Å². The van der Waals surface area contributed by atoms with Crippen LogP contribution in [0.4, 0.5) is 4.79 Å². The molecule has 0 unspecified atom stereocenters. The number of imide groups is 1. The molecule has 0 bridgehead atoms. The first-order chi connectivity index (χ1) is 9.32. The predicted molar refractivity (Wildman–Crippen MR) is 68.8 cm³/mol. The maximum Gasteiger partial charge on any atom is 0.324 e. The van der Waals surface area contributed by atoms with Crippen LogP contribution in [0.5, 0.6) is 0 Å². The quantitative estimate of drug-likeness (QED) is 0.621. The van der Waals surface area contributed by atoms with Gasteiger partial charge in [0.25, 0.3) is 0 Å². The Morgan fingerprint density at radius 3 is 2.50 bits per heavy atom. The highest BCUT2D eigenvalue weighted by atomic mass is 16.4. The molecule has 1 fully saturated rings. The number of carbonyl (C=O) groups is 4. The van der Waals surface area contributed by atoms with Crippen LogP contribution in [-0.2, 0) is 14.4 Å². The summed E-state index contributed by atoms with van der Waals surface area (Å²) in [6.07, 6.45) is 0.420. The standard InChI is InChI=1S/C12H19N3O5/c1-8(2)15(7-11(18)19)9(16)4-3-5-14-10(17)6-13-12(14)20/h8H,3-7H2,1-2H3,(H,13,20)(H,18,19). The maximum atomic E-state index is 11.9. The molecular formula is C12H19N3O5. The van der Waals surface area contributed by atoms with Gasteiger partial charge in [-0.05, 0) is 20.3 Å². The van der Waals surface area contributed by atoms with Gasteiger partial charge in [0.1, 0.15) is 6.54 Å². The molecule has 0 saturated carbocycles. The lowest BCUT2D eigenvalue weighted by atomic mass is 10.2. The Morgan fingerprint density at radius 1 is 1.40 bits per heavy atom. The highest BCUT2D eigenvalue weighted by Crippen LogP contribution is 2.06. The van der Waals surface area contributed by atoms with Crippen molar-refractivity contribution in [3.05, 3.63) is 0 Å². The number of nitrogens with one attached hydrogen (secondary N) is 1. The molecule has 0 atom stereocenters. The molecule has 1 saturated heterocycles. The number of nitrogens with zero attached hydrogens (tertiary/aromatic N) is 2. The van der Waals surface area contributed by atoms with E-state index in [0.29, 0.717) is 6.42 Å². The second kappa shape index (κ2) is 6.88. The first kappa shape index (κ1) is 15.9. The lowest BCUT2D eigenvalue weighted by Crippen LogP contribution is -2.41. The van der Waals surface area contributed by atoms with E-state index in [-0.39, 0.29) is 43.9 Å². The smallest absolute Gasteiger partial charge is 0.324 e. The molecular weight excluding hydrogens is 266 g/mol. The number of urea groups is 1. The molecule has 4 amide bonds. The van der Waals surface area contributed by atoms with E-state index in [4.69, 9.17) is 5.11 Å².